The molecule has 0 radical (unpaired) electrons. The van der Waals surface area contributed by atoms with Gasteiger partial charge in [0.1, 0.15) is 0 Å². The van der Waals surface area contributed by atoms with Crippen molar-refractivity contribution in [2.24, 2.45) is 5.10 Å². The van der Waals surface area contributed by atoms with Crippen LogP contribution in [-0.4, -0.2) is 46.7 Å². The monoisotopic (exact) mass is 456 g/mol. The van der Waals surface area contributed by atoms with Crippen LogP contribution in [0.2, 0.25) is 5.02 Å². The number of halogens is 1. The van der Waals surface area contributed by atoms with E-state index in [2.05, 4.69) is 10.5 Å². The van der Waals surface area contributed by atoms with Gasteiger partial charge in [-0.3, -0.25) is 4.79 Å². The molecule has 0 aliphatic heterocycles. The lowest BCUT2D eigenvalue weighted by atomic mass is 10.0. The maximum Gasteiger partial charge on any atom is 0.273 e. The third kappa shape index (κ3) is 5.76. The number of hydrogen-bond acceptors (Lipinski definition) is 6. The predicted molar refractivity (Wildman–Crippen MR) is 125 cm³/mol. The number of hydrazone groups is 1. The summed E-state index contributed by atoms with van der Waals surface area (Å²) in [4.78, 5) is 12.9. The molecule has 3 aromatic rings. The average molecular weight is 457 g/mol. The number of rotatable bonds is 10. The van der Waals surface area contributed by atoms with E-state index in [1.54, 1.807) is 19.2 Å². The number of fused-ring (bicyclic) bond motifs is 1. The molecule has 0 aliphatic carbocycles. The molecule has 1 amide bonds. The number of benzene rings is 3. The molecular weight excluding hydrogens is 432 g/mol. The predicted octanol–water partition coefficient (Wildman–Crippen LogP) is 4.36. The Morgan fingerprint density at radius 3 is 2.53 bits per heavy atom. The lowest BCUT2D eigenvalue weighted by Crippen LogP contribution is -2.28. The van der Waals surface area contributed by atoms with Crippen molar-refractivity contribution in [2.45, 2.75) is 6.10 Å². The second-order valence-electron chi connectivity index (χ2n) is 6.82. The summed E-state index contributed by atoms with van der Waals surface area (Å²) in [6.07, 6.45) is 0.624. The summed E-state index contributed by atoms with van der Waals surface area (Å²) >= 11 is 6.22. The van der Waals surface area contributed by atoms with Gasteiger partial charge in [-0.2, -0.15) is 5.10 Å². The molecule has 0 saturated heterocycles. The first kappa shape index (κ1) is 23.5. The Labute approximate surface area is 191 Å². The number of amides is 1. The number of methoxy groups -OCH3 is 3. The first-order chi connectivity index (χ1) is 15.6. The van der Waals surface area contributed by atoms with Gasteiger partial charge in [-0.15, -0.1) is 0 Å². The number of carbonyl (C=O) groups is 1. The Balaban J connectivity index is 1.78. The zero-order valence-corrected chi connectivity index (χ0v) is 18.9. The Kier molecular flexibility index (Phi) is 8.44. The second kappa shape index (κ2) is 11.5. The van der Waals surface area contributed by atoms with E-state index in [0.29, 0.717) is 28.7 Å². The van der Waals surface area contributed by atoms with Crippen LogP contribution in [0.15, 0.2) is 59.7 Å². The largest absolute Gasteiger partial charge is 0.493 e. The Morgan fingerprint density at radius 2 is 1.81 bits per heavy atom. The van der Waals surface area contributed by atoms with Gasteiger partial charge in [0.25, 0.3) is 5.91 Å². The molecule has 0 fully saturated rings. The highest BCUT2D eigenvalue weighted by atomic mass is 35.5. The summed E-state index contributed by atoms with van der Waals surface area (Å²) in [7, 11) is 4.60. The van der Waals surface area contributed by atoms with E-state index in [1.807, 2.05) is 42.5 Å². The van der Waals surface area contributed by atoms with Crippen molar-refractivity contribution in [2.75, 3.05) is 34.5 Å². The van der Waals surface area contributed by atoms with Crippen LogP contribution < -0.4 is 14.9 Å². The van der Waals surface area contributed by atoms with Gasteiger partial charge < -0.3 is 18.9 Å². The second-order valence-corrected chi connectivity index (χ2v) is 7.23. The molecule has 0 heterocycles. The van der Waals surface area contributed by atoms with Crippen LogP contribution in [0.25, 0.3) is 10.8 Å². The van der Waals surface area contributed by atoms with Gasteiger partial charge in [0.15, 0.2) is 17.6 Å². The first-order valence-corrected chi connectivity index (χ1v) is 10.3. The summed E-state index contributed by atoms with van der Waals surface area (Å²) in [5, 5.41) is 6.53. The molecule has 32 heavy (non-hydrogen) atoms. The fourth-order valence-corrected chi connectivity index (χ4v) is 3.48. The Bertz CT molecular complexity index is 1100. The van der Waals surface area contributed by atoms with E-state index < -0.39 is 12.0 Å². The van der Waals surface area contributed by atoms with Gasteiger partial charge in [0, 0.05) is 7.11 Å². The van der Waals surface area contributed by atoms with E-state index in [-0.39, 0.29) is 6.61 Å². The summed E-state index contributed by atoms with van der Waals surface area (Å²) in [5.41, 5.74) is 3.90. The SMILES string of the molecule is COCCOC(C(=O)NN=Cc1cc(Cl)c(OC)c(OC)c1)c1ccc2ccccc2c1. The normalized spacial score (nSPS) is 12.1. The van der Waals surface area contributed by atoms with Crippen molar-refractivity contribution in [3.63, 3.8) is 0 Å². The van der Waals surface area contributed by atoms with Crippen LogP contribution in [0.3, 0.4) is 0 Å². The molecule has 3 rings (SSSR count). The van der Waals surface area contributed by atoms with E-state index in [1.165, 1.54) is 20.4 Å². The fourth-order valence-electron chi connectivity index (χ4n) is 3.18. The lowest BCUT2D eigenvalue weighted by molar-refractivity contribution is -0.134. The van der Waals surface area contributed by atoms with Crippen molar-refractivity contribution in [3.05, 3.63) is 70.7 Å². The van der Waals surface area contributed by atoms with Gasteiger partial charge in [0.2, 0.25) is 0 Å². The molecular formula is C24H25ClN2O5. The zero-order valence-electron chi connectivity index (χ0n) is 18.1. The molecule has 1 N–H and O–H groups in total. The van der Waals surface area contributed by atoms with E-state index in [0.717, 1.165) is 16.3 Å². The van der Waals surface area contributed by atoms with Crippen LogP contribution in [0.1, 0.15) is 17.2 Å². The van der Waals surface area contributed by atoms with Gasteiger partial charge in [-0.05, 0) is 40.1 Å². The zero-order chi connectivity index (χ0) is 22.9. The Morgan fingerprint density at radius 1 is 1.03 bits per heavy atom. The minimum absolute atomic E-state index is 0.260. The number of hydrogen-bond donors (Lipinski definition) is 1. The standard InChI is InChI=1S/C24H25ClN2O5/c1-29-10-11-32-22(19-9-8-17-6-4-5-7-18(17)14-19)24(28)27-26-15-16-12-20(25)23(31-3)21(13-16)30-2/h4-9,12-15,22H,10-11H2,1-3H3,(H,27,28). The highest BCUT2D eigenvalue weighted by Gasteiger charge is 2.21. The van der Waals surface area contributed by atoms with Gasteiger partial charge in [-0.1, -0.05) is 48.0 Å². The quantitative estimate of drug-likeness (QED) is 0.278. The smallest absolute Gasteiger partial charge is 0.273 e. The topological polar surface area (TPSA) is 78.4 Å². The van der Waals surface area contributed by atoms with E-state index in [4.69, 9.17) is 30.5 Å². The molecule has 168 valence electrons. The Hall–Kier alpha value is -3.13. The molecule has 1 unspecified atom stereocenters. The summed E-state index contributed by atoms with van der Waals surface area (Å²) in [6, 6.07) is 17.0. The minimum atomic E-state index is -0.846. The molecule has 0 spiro atoms. The highest BCUT2D eigenvalue weighted by Crippen LogP contribution is 2.35. The van der Waals surface area contributed by atoms with E-state index in [9.17, 15) is 4.79 Å². The van der Waals surface area contributed by atoms with Crippen molar-refractivity contribution in [1.29, 1.82) is 0 Å². The fraction of sp³-hybridized carbons (Fsp3) is 0.250. The molecule has 0 saturated carbocycles. The first-order valence-electron chi connectivity index (χ1n) is 9.91. The van der Waals surface area contributed by atoms with Gasteiger partial charge in [0.05, 0.1) is 38.7 Å². The van der Waals surface area contributed by atoms with Crippen molar-refractivity contribution < 1.29 is 23.7 Å². The molecule has 8 heteroatoms. The summed E-state index contributed by atoms with van der Waals surface area (Å²) < 4.78 is 21.4. The minimum Gasteiger partial charge on any atom is -0.493 e. The van der Waals surface area contributed by atoms with Crippen LogP contribution >= 0.6 is 11.6 Å². The number of nitrogens with zero attached hydrogens (tertiary/aromatic N) is 1. The summed E-state index contributed by atoms with van der Waals surface area (Å²) in [5.74, 6) is 0.488. The molecule has 0 aromatic heterocycles. The average Bonchev–Trinajstić information content (AvgIpc) is 2.81. The van der Waals surface area contributed by atoms with Crippen LogP contribution in [-0.2, 0) is 14.3 Å². The van der Waals surface area contributed by atoms with Crippen molar-refractivity contribution in [3.8, 4) is 11.5 Å². The van der Waals surface area contributed by atoms with Crippen molar-refractivity contribution >= 4 is 34.5 Å². The third-order valence-corrected chi connectivity index (χ3v) is 5.01. The highest BCUT2D eigenvalue weighted by molar-refractivity contribution is 6.32. The molecule has 0 bridgehead atoms. The maximum absolute atomic E-state index is 12.9. The third-order valence-electron chi connectivity index (χ3n) is 4.73. The van der Waals surface area contributed by atoms with E-state index >= 15 is 0 Å². The lowest BCUT2D eigenvalue weighted by Gasteiger charge is -2.17. The van der Waals surface area contributed by atoms with Gasteiger partial charge >= 0.3 is 0 Å². The van der Waals surface area contributed by atoms with Crippen LogP contribution in [0, 0.1) is 0 Å². The van der Waals surface area contributed by atoms with Crippen LogP contribution in [0.5, 0.6) is 11.5 Å². The molecule has 1 atom stereocenters. The number of carbonyl (C=O) groups excluding carboxylic acids is 1. The molecule has 0 aliphatic rings. The summed E-state index contributed by atoms with van der Waals surface area (Å²) in [6.45, 7) is 0.626. The number of ether oxygens (including phenoxy) is 4. The molecule has 3 aromatic carbocycles. The molecule has 7 nitrogen and oxygen atoms in total. The van der Waals surface area contributed by atoms with Crippen LogP contribution in [0.4, 0.5) is 0 Å². The maximum atomic E-state index is 12.9. The van der Waals surface area contributed by atoms with Gasteiger partial charge in [-0.25, -0.2) is 5.43 Å². The van der Waals surface area contributed by atoms with Crippen molar-refractivity contribution in [1.82, 2.24) is 5.43 Å². The number of nitrogens with one attached hydrogen (secondary N) is 1.